The van der Waals surface area contributed by atoms with Crippen LogP contribution in [0.1, 0.15) is 11.3 Å². The second-order valence-electron chi connectivity index (χ2n) is 3.42. The summed E-state index contributed by atoms with van der Waals surface area (Å²) >= 11 is 7.60. The van der Waals surface area contributed by atoms with Crippen molar-refractivity contribution in [2.24, 2.45) is 0 Å². The number of halogens is 1. The van der Waals surface area contributed by atoms with Crippen molar-refractivity contribution < 1.29 is 4.42 Å². The number of anilines is 1. The Morgan fingerprint density at radius 3 is 2.81 bits per heavy atom. The summed E-state index contributed by atoms with van der Waals surface area (Å²) in [7, 11) is 0. The average Bonchev–Trinajstić information content (AvgIpc) is 2.74. The van der Waals surface area contributed by atoms with E-state index in [9.17, 15) is 0 Å². The van der Waals surface area contributed by atoms with Crippen LogP contribution in [0.3, 0.4) is 0 Å². The number of benzene rings is 1. The van der Waals surface area contributed by atoms with Crippen molar-refractivity contribution in [1.82, 2.24) is 0 Å². The molecule has 1 heterocycles. The second kappa shape index (κ2) is 5.32. The zero-order valence-corrected chi connectivity index (χ0v) is 10.2. The van der Waals surface area contributed by atoms with Gasteiger partial charge in [0.15, 0.2) is 0 Å². The van der Waals surface area contributed by atoms with Gasteiger partial charge >= 0.3 is 0 Å². The number of nitrogens with two attached hydrogens (primary N) is 1. The quantitative estimate of drug-likeness (QED) is 0.839. The lowest BCUT2D eigenvalue weighted by Crippen LogP contribution is -1.92. The van der Waals surface area contributed by atoms with E-state index in [0.717, 1.165) is 28.5 Å². The van der Waals surface area contributed by atoms with E-state index >= 15 is 0 Å². The minimum Gasteiger partial charge on any atom is -0.468 e. The highest BCUT2D eigenvalue weighted by atomic mass is 35.5. The number of nitrogen functional groups attached to an aromatic ring is 1. The molecule has 2 nitrogen and oxygen atoms in total. The van der Waals surface area contributed by atoms with Gasteiger partial charge < -0.3 is 10.2 Å². The molecule has 2 N–H and O–H groups in total. The fourth-order valence-corrected chi connectivity index (χ4v) is 2.48. The molecule has 4 heteroatoms. The van der Waals surface area contributed by atoms with E-state index in [0.29, 0.717) is 5.02 Å². The Morgan fingerprint density at radius 1 is 1.25 bits per heavy atom. The van der Waals surface area contributed by atoms with Crippen LogP contribution in [0.25, 0.3) is 0 Å². The molecule has 0 saturated carbocycles. The van der Waals surface area contributed by atoms with Gasteiger partial charge in [-0.3, -0.25) is 0 Å². The van der Waals surface area contributed by atoms with Gasteiger partial charge in [-0.2, -0.15) is 0 Å². The lowest BCUT2D eigenvalue weighted by molar-refractivity contribution is 0.530. The van der Waals surface area contributed by atoms with Gasteiger partial charge in [0.05, 0.1) is 12.0 Å². The molecule has 0 atom stereocenters. The molecule has 0 radical (unpaired) electrons. The Labute approximate surface area is 104 Å². The van der Waals surface area contributed by atoms with Gasteiger partial charge in [0.2, 0.25) is 0 Å². The third kappa shape index (κ3) is 2.97. The molecule has 0 aliphatic carbocycles. The van der Waals surface area contributed by atoms with Gasteiger partial charge in [-0.05, 0) is 29.8 Å². The topological polar surface area (TPSA) is 39.2 Å². The summed E-state index contributed by atoms with van der Waals surface area (Å²) < 4.78 is 5.25. The van der Waals surface area contributed by atoms with Crippen molar-refractivity contribution in [3.05, 3.63) is 52.9 Å². The fraction of sp³-hybridized carbons (Fsp3) is 0.167. The third-order valence-electron chi connectivity index (χ3n) is 2.19. The van der Waals surface area contributed by atoms with Crippen molar-refractivity contribution in [3.63, 3.8) is 0 Å². The zero-order chi connectivity index (χ0) is 11.4. The van der Waals surface area contributed by atoms with Crippen LogP contribution < -0.4 is 5.73 Å². The first kappa shape index (κ1) is 11.4. The number of thioether (sulfide) groups is 1. The summed E-state index contributed by atoms with van der Waals surface area (Å²) in [6, 6.07) is 9.47. The molecule has 0 saturated heterocycles. The molecular weight excluding hydrogens is 242 g/mol. The van der Waals surface area contributed by atoms with E-state index in [1.165, 1.54) is 0 Å². The standard InChI is InChI=1S/C12H12ClNOS/c13-10-4-3-9(12(14)6-10)7-16-8-11-2-1-5-15-11/h1-6H,7-8,14H2. The highest BCUT2D eigenvalue weighted by Crippen LogP contribution is 2.24. The summed E-state index contributed by atoms with van der Waals surface area (Å²) in [4.78, 5) is 0. The lowest BCUT2D eigenvalue weighted by atomic mass is 10.2. The Morgan fingerprint density at radius 2 is 2.12 bits per heavy atom. The molecule has 0 amide bonds. The Balaban J connectivity index is 1.90. The van der Waals surface area contributed by atoms with Gasteiger partial charge in [0.25, 0.3) is 0 Å². The van der Waals surface area contributed by atoms with Crippen molar-refractivity contribution in [1.29, 1.82) is 0 Å². The van der Waals surface area contributed by atoms with E-state index in [2.05, 4.69) is 0 Å². The third-order valence-corrected chi connectivity index (χ3v) is 3.43. The molecular formula is C12H12ClNOS. The van der Waals surface area contributed by atoms with E-state index in [4.69, 9.17) is 21.8 Å². The van der Waals surface area contributed by atoms with E-state index in [1.54, 1.807) is 24.1 Å². The van der Waals surface area contributed by atoms with Crippen molar-refractivity contribution in [2.45, 2.75) is 11.5 Å². The highest BCUT2D eigenvalue weighted by Gasteiger charge is 2.01. The normalized spacial score (nSPS) is 10.6. The lowest BCUT2D eigenvalue weighted by Gasteiger charge is -2.05. The minimum atomic E-state index is 0.678. The molecule has 0 bridgehead atoms. The number of hydrogen-bond donors (Lipinski definition) is 1. The van der Waals surface area contributed by atoms with Gasteiger partial charge in [0.1, 0.15) is 5.76 Å². The summed E-state index contributed by atoms with van der Waals surface area (Å²) in [5, 5.41) is 0.678. The summed E-state index contributed by atoms with van der Waals surface area (Å²) in [6.07, 6.45) is 1.69. The Bertz CT molecular complexity index is 456. The molecule has 16 heavy (non-hydrogen) atoms. The molecule has 84 valence electrons. The van der Waals surface area contributed by atoms with Gasteiger partial charge in [-0.15, -0.1) is 11.8 Å². The summed E-state index contributed by atoms with van der Waals surface area (Å²) in [5.74, 6) is 2.70. The molecule has 0 aliphatic heterocycles. The first-order valence-corrected chi connectivity index (χ1v) is 6.43. The fourth-order valence-electron chi connectivity index (χ4n) is 1.35. The minimum absolute atomic E-state index is 0.678. The maximum absolute atomic E-state index is 5.86. The SMILES string of the molecule is Nc1cc(Cl)ccc1CSCc1ccco1. The van der Waals surface area contributed by atoms with Crippen molar-refractivity contribution >= 4 is 29.1 Å². The maximum atomic E-state index is 5.86. The molecule has 2 rings (SSSR count). The maximum Gasteiger partial charge on any atom is 0.113 e. The highest BCUT2D eigenvalue weighted by molar-refractivity contribution is 7.97. The summed E-state index contributed by atoms with van der Waals surface area (Å²) in [6.45, 7) is 0. The Kier molecular flexibility index (Phi) is 3.80. The monoisotopic (exact) mass is 253 g/mol. The number of rotatable bonds is 4. The molecule has 0 aliphatic rings. The predicted molar refractivity (Wildman–Crippen MR) is 69.6 cm³/mol. The number of furan rings is 1. The molecule has 1 aromatic heterocycles. The van der Waals surface area contributed by atoms with Crippen LogP contribution in [0.15, 0.2) is 41.0 Å². The van der Waals surface area contributed by atoms with E-state index in [1.807, 2.05) is 24.3 Å². The first-order valence-electron chi connectivity index (χ1n) is 4.90. The van der Waals surface area contributed by atoms with E-state index in [-0.39, 0.29) is 0 Å². The van der Waals surface area contributed by atoms with Crippen LogP contribution in [0, 0.1) is 0 Å². The van der Waals surface area contributed by atoms with Crippen LogP contribution in [0.5, 0.6) is 0 Å². The van der Waals surface area contributed by atoms with Crippen molar-refractivity contribution in [3.8, 4) is 0 Å². The largest absolute Gasteiger partial charge is 0.468 e. The average molecular weight is 254 g/mol. The van der Waals surface area contributed by atoms with Crippen LogP contribution in [0.4, 0.5) is 5.69 Å². The smallest absolute Gasteiger partial charge is 0.113 e. The van der Waals surface area contributed by atoms with Crippen LogP contribution in [0.2, 0.25) is 5.02 Å². The molecule has 0 unspecified atom stereocenters. The number of hydrogen-bond acceptors (Lipinski definition) is 3. The summed E-state index contributed by atoms with van der Waals surface area (Å²) in [5.41, 5.74) is 7.72. The van der Waals surface area contributed by atoms with Gasteiger partial charge in [-0.1, -0.05) is 17.7 Å². The van der Waals surface area contributed by atoms with Crippen LogP contribution in [-0.2, 0) is 11.5 Å². The molecule has 1 aromatic carbocycles. The zero-order valence-electron chi connectivity index (χ0n) is 8.65. The van der Waals surface area contributed by atoms with Gasteiger partial charge in [0, 0.05) is 16.5 Å². The van der Waals surface area contributed by atoms with Crippen LogP contribution in [-0.4, -0.2) is 0 Å². The molecule has 0 spiro atoms. The van der Waals surface area contributed by atoms with Gasteiger partial charge in [-0.25, -0.2) is 0 Å². The predicted octanol–water partition coefficient (Wildman–Crippen LogP) is 3.95. The Hall–Kier alpha value is -1.06. The van der Waals surface area contributed by atoms with E-state index < -0.39 is 0 Å². The van der Waals surface area contributed by atoms with Crippen LogP contribution >= 0.6 is 23.4 Å². The first-order chi connectivity index (χ1) is 7.75. The molecule has 2 aromatic rings. The second-order valence-corrected chi connectivity index (χ2v) is 4.84. The van der Waals surface area contributed by atoms with Crippen molar-refractivity contribution in [2.75, 3.05) is 5.73 Å². The molecule has 0 fully saturated rings.